The van der Waals surface area contributed by atoms with E-state index in [1.54, 1.807) is 37.6 Å². The number of hydroxylamine groups is 1. The maximum Gasteiger partial charge on any atom is 0.243 e. The molecule has 0 aliphatic carbocycles. The monoisotopic (exact) mass is 354 g/mol. The Hall–Kier alpha value is -2.36. The molecule has 0 spiro atoms. The molecule has 2 heterocycles. The lowest BCUT2D eigenvalue weighted by atomic mass is 10.1. The van der Waals surface area contributed by atoms with Crippen LogP contribution in [0.2, 0.25) is 0 Å². The topological polar surface area (TPSA) is 109 Å². The first-order valence-electron chi connectivity index (χ1n) is 7.05. The van der Waals surface area contributed by atoms with Gasteiger partial charge in [-0.1, -0.05) is 0 Å². The van der Waals surface area contributed by atoms with E-state index >= 15 is 0 Å². The number of sulfonamides is 1. The van der Waals surface area contributed by atoms with E-state index in [4.69, 9.17) is 19.2 Å². The highest BCUT2D eigenvalue weighted by atomic mass is 32.2. The first-order chi connectivity index (χ1) is 11.5. The fraction of sp³-hybridized carbons (Fsp3) is 0.267. The van der Waals surface area contributed by atoms with Crippen molar-refractivity contribution in [2.45, 2.75) is 17.9 Å². The standard InChI is InChI=1S/C14H15NO4S.CH3NO2/c1-18-12-2-4-13(5-3-12)20(16,17)15-8-6-11-7-9-19-14(11)10-15;3-1-2-4/h2-5,7,9H,6,8,10H2,1H3;1,4H,(H,2,3). The lowest BCUT2D eigenvalue weighted by Crippen LogP contribution is -2.35. The van der Waals surface area contributed by atoms with E-state index in [1.807, 2.05) is 6.07 Å². The molecule has 0 bridgehead atoms. The van der Waals surface area contributed by atoms with Gasteiger partial charge in [-0.2, -0.15) is 4.31 Å². The quantitative estimate of drug-likeness (QED) is 0.484. The average molecular weight is 354 g/mol. The third kappa shape index (κ3) is 3.94. The highest BCUT2D eigenvalue weighted by Gasteiger charge is 2.29. The third-order valence-corrected chi connectivity index (χ3v) is 5.40. The molecule has 1 amide bonds. The van der Waals surface area contributed by atoms with E-state index in [9.17, 15) is 8.42 Å². The fourth-order valence-electron chi connectivity index (χ4n) is 2.31. The summed E-state index contributed by atoms with van der Waals surface area (Å²) >= 11 is 0. The van der Waals surface area contributed by atoms with Crippen molar-refractivity contribution in [3.8, 4) is 5.75 Å². The van der Waals surface area contributed by atoms with Crippen molar-refractivity contribution in [3.63, 3.8) is 0 Å². The van der Waals surface area contributed by atoms with Crippen LogP contribution in [-0.2, 0) is 27.8 Å². The highest BCUT2D eigenvalue weighted by Crippen LogP contribution is 2.26. The minimum absolute atomic E-state index is 0.181. The molecule has 3 rings (SSSR count). The van der Waals surface area contributed by atoms with Crippen LogP contribution in [0, 0.1) is 0 Å². The Balaban J connectivity index is 0.000000471. The van der Waals surface area contributed by atoms with E-state index in [2.05, 4.69) is 0 Å². The van der Waals surface area contributed by atoms with E-state index in [1.165, 1.54) is 9.79 Å². The lowest BCUT2D eigenvalue weighted by molar-refractivity contribution is -0.116. The SMILES string of the molecule is COc1ccc(S(=O)(=O)N2CCc3ccoc3C2)cc1.O=CNO. The summed E-state index contributed by atoms with van der Waals surface area (Å²) in [5, 5.41) is 7.26. The van der Waals surface area contributed by atoms with Crippen LogP contribution >= 0.6 is 0 Å². The predicted octanol–water partition coefficient (Wildman–Crippen LogP) is 1.16. The van der Waals surface area contributed by atoms with Gasteiger partial charge in [0.1, 0.15) is 11.5 Å². The molecule has 0 atom stereocenters. The first kappa shape index (κ1) is 18.0. The molecule has 0 saturated heterocycles. The number of amides is 1. The van der Waals surface area contributed by atoms with Crippen molar-refractivity contribution in [3.05, 3.63) is 47.9 Å². The Morgan fingerprint density at radius 3 is 2.54 bits per heavy atom. The number of methoxy groups -OCH3 is 1. The number of nitrogens with one attached hydrogen (secondary N) is 1. The number of hydrogen-bond acceptors (Lipinski definition) is 6. The molecule has 1 aromatic heterocycles. The molecule has 0 unspecified atom stereocenters. The molecule has 1 aliphatic heterocycles. The molecule has 2 N–H and O–H groups in total. The molecule has 1 aromatic carbocycles. The van der Waals surface area contributed by atoms with Crippen LogP contribution in [0.3, 0.4) is 0 Å². The highest BCUT2D eigenvalue weighted by molar-refractivity contribution is 7.89. The zero-order valence-electron chi connectivity index (χ0n) is 13.0. The first-order valence-corrected chi connectivity index (χ1v) is 8.49. The van der Waals surface area contributed by atoms with E-state index in [-0.39, 0.29) is 17.9 Å². The minimum Gasteiger partial charge on any atom is -0.497 e. The Kier molecular flexibility index (Phi) is 5.96. The van der Waals surface area contributed by atoms with Crippen LogP contribution in [0.1, 0.15) is 11.3 Å². The maximum absolute atomic E-state index is 12.6. The van der Waals surface area contributed by atoms with Gasteiger partial charge in [-0.25, -0.2) is 13.9 Å². The normalized spacial score (nSPS) is 14.1. The molecule has 9 heteroatoms. The largest absolute Gasteiger partial charge is 0.497 e. The molecule has 0 saturated carbocycles. The number of rotatable bonds is 4. The van der Waals surface area contributed by atoms with Gasteiger partial charge in [0.25, 0.3) is 0 Å². The van der Waals surface area contributed by atoms with Crippen molar-refractivity contribution >= 4 is 16.4 Å². The van der Waals surface area contributed by atoms with Gasteiger partial charge >= 0.3 is 0 Å². The van der Waals surface area contributed by atoms with E-state index < -0.39 is 10.0 Å². The smallest absolute Gasteiger partial charge is 0.243 e. The van der Waals surface area contributed by atoms with Crippen LogP contribution in [-0.4, -0.2) is 38.0 Å². The van der Waals surface area contributed by atoms with Crippen molar-refractivity contribution in [2.75, 3.05) is 13.7 Å². The Bertz CT molecular complexity index is 770. The summed E-state index contributed by atoms with van der Waals surface area (Å²) < 4.78 is 36.9. The number of hydrogen-bond donors (Lipinski definition) is 2. The summed E-state index contributed by atoms with van der Waals surface area (Å²) in [6.45, 7) is 0.761. The Morgan fingerprint density at radius 2 is 1.96 bits per heavy atom. The summed E-state index contributed by atoms with van der Waals surface area (Å²) in [6.07, 6.45) is 2.47. The van der Waals surface area contributed by atoms with Crippen molar-refractivity contribution < 1.29 is 27.6 Å². The predicted molar refractivity (Wildman–Crippen MR) is 84.0 cm³/mol. The van der Waals surface area contributed by atoms with Gasteiger partial charge in [-0.05, 0) is 42.3 Å². The van der Waals surface area contributed by atoms with Gasteiger partial charge in [0, 0.05) is 6.54 Å². The summed E-state index contributed by atoms with van der Waals surface area (Å²) in [7, 11) is -1.94. The second-order valence-electron chi connectivity index (χ2n) is 4.88. The maximum atomic E-state index is 12.6. The Labute approximate surface area is 139 Å². The number of furan rings is 1. The number of carbonyl (C=O) groups excluding carboxylic acids is 1. The zero-order valence-corrected chi connectivity index (χ0v) is 13.8. The third-order valence-electron chi connectivity index (χ3n) is 3.54. The van der Waals surface area contributed by atoms with Crippen molar-refractivity contribution in [1.82, 2.24) is 9.79 Å². The molecule has 0 radical (unpaired) electrons. The molecule has 130 valence electrons. The van der Waals surface area contributed by atoms with Gasteiger partial charge in [-0.3, -0.25) is 10.0 Å². The number of carbonyl (C=O) groups is 1. The zero-order chi connectivity index (χ0) is 17.6. The minimum atomic E-state index is -3.49. The van der Waals surface area contributed by atoms with Crippen LogP contribution in [0.5, 0.6) is 5.75 Å². The molecular formula is C15H18N2O6S. The van der Waals surface area contributed by atoms with Crippen LogP contribution in [0.15, 0.2) is 45.9 Å². The number of ether oxygens (including phenoxy) is 1. The lowest BCUT2D eigenvalue weighted by Gasteiger charge is -2.25. The van der Waals surface area contributed by atoms with E-state index in [0.29, 0.717) is 18.7 Å². The number of nitrogens with zero attached hydrogens (tertiary/aromatic N) is 1. The van der Waals surface area contributed by atoms with Crippen molar-refractivity contribution in [1.29, 1.82) is 0 Å². The number of benzene rings is 1. The van der Waals surface area contributed by atoms with Crippen LogP contribution in [0.4, 0.5) is 0 Å². The van der Waals surface area contributed by atoms with Gasteiger partial charge in [0.05, 0.1) is 24.8 Å². The average Bonchev–Trinajstić information content (AvgIpc) is 3.09. The van der Waals surface area contributed by atoms with Crippen LogP contribution < -0.4 is 10.2 Å². The summed E-state index contributed by atoms with van der Waals surface area (Å²) in [5.74, 6) is 1.37. The van der Waals surface area contributed by atoms with E-state index in [0.717, 1.165) is 11.3 Å². The fourth-order valence-corrected chi connectivity index (χ4v) is 3.71. The second-order valence-corrected chi connectivity index (χ2v) is 6.82. The van der Waals surface area contributed by atoms with Gasteiger partial charge in [-0.15, -0.1) is 0 Å². The Morgan fingerprint density at radius 1 is 1.29 bits per heavy atom. The summed E-state index contributed by atoms with van der Waals surface area (Å²) in [6, 6.07) is 8.31. The second kappa shape index (κ2) is 7.95. The van der Waals surface area contributed by atoms with Gasteiger partial charge in [0.15, 0.2) is 0 Å². The molecular weight excluding hydrogens is 336 g/mol. The molecule has 8 nitrogen and oxygen atoms in total. The molecule has 2 aromatic rings. The van der Waals surface area contributed by atoms with Crippen LogP contribution in [0.25, 0.3) is 0 Å². The van der Waals surface area contributed by atoms with Gasteiger partial charge < -0.3 is 9.15 Å². The molecule has 1 aliphatic rings. The number of fused-ring (bicyclic) bond motifs is 1. The molecule has 0 fully saturated rings. The van der Waals surface area contributed by atoms with Crippen molar-refractivity contribution in [2.24, 2.45) is 0 Å². The van der Waals surface area contributed by atoms with Gasteiger partial charge in [0.2, 0.25) is 16.4 Å². The summed E-state index contributed by atoms with van der Waals surface area (Å²) in [5.41, 5.74) is 2.34. The molecule has 24 heavy (non-hydrogen) atoms. The summed E-state index contributed by atoms with van der Waals surface area (Å²) in [4.78, 5) is 9.08.